The molecule has 0 saturated carbocycles. The maximum Gasteiger partial charge on any atom is 0.266 e. The molecule has 0 aliphatic carbocycles. The van der Waals surface area contributed by atoms with Crippen LogP contribution in [0.4, 0.5) is 5.88 Å². The van der Waals surface area contributed by atoms with E-state index in [9.17, 15) is 5.26 Å². The summed E-state index contributed by atoms with van der Waals surface area (Å²) in [7, 11) is 4.03. The first-order valence-electron chi connectivity index (χ1n) is 7.19. The Kier molecular flexibility index (Phi) is 5.04. The van der Waals surface area contributed by atoms with Gasteiger partial charge in [0.1, 0.15) is 6.07 Å². The quantitative estimate of drug-likeness (QED) is 0.655. The number of nitriles is 1. The van der Waals surface area contributed by atoms with E-state index in [1.807, 2.05) is 31.6 Å². The molecule has 1 N–H and O–H groups in total. The first kappa shape index (κ1) is 16.8. The Bertz CT molecular complexity index is 848. The lowest BCUT2D eigenvalue weighted by molar-refractivity contribution is 0.314. The smallest absolute Gasteiger partial charge is 0.266 e. The van der Waals surface area contributed by atoms with Gasteiger partial charge in [-0.05, 0) is 53.6 Å². The molecule has 124 valence electrons. The number of hydrogen-bond donors (Lipinski definition) is 1. The van der Waals surface area contributed by atoms with Crippen molar-refractivity contribution in [2.24, 2.45) is 0 Å². The normalized spacial score (nSPS) is 12.3. The Labute approximate surface area is 151 Å². The Balaban J connectivity index is 1.79. The van der Waals surface area contributed by atoms with Crippen LogP contribution in [0.1, 0.15) is 16.6 Å². The Morgan fingerprint density at radius 1 is 1.38 bits per heavy atom. The van der Waals surface area contributed by atoms with Crippen molar-refractivity contribution in [1.82, 2.24) is 9.88 Å². The Morgan fingerprint density at radius 3 is 2.79 bits per heavy atom. The molecule has 6 nitrogen and oxygen atoms in total. The molecule has 1 unspecified atom stereocenters. The molecule has 0 aromatic carbocycles. The average Bonchev–Trinajstić information content (AvgIpc) is 3.27. The number of hydrogen-bond acceptors (Lipinski definition) is 7. The van der Waals surface area contributed by atoms with Crippen LogP contribution in [0.15, 0.2) is 43.1 Å². The van der Waals surface area contributed by atoms with Crippen molar-refractivity contribution in [2.45, 2.75) is 6.04 Å². The number of aromatic nitrogens is 1. The molecule has 0 aliphatic heterocycles. The minimum atomic E-state index is 0.169. The molecule has 0 radical (unpaired) electrons. The van der Waals surface area contributed by atoms with Gasteiger partial charge in [0, 0.05) is 11.4 Å². The van der Waals surface area contributed by atoms with Crippen LogP contribution in [-0.2, 0) is 0 Å². The van der Waals surface area contributed by atoms with Crippen LogP contribution in [0, 0.1) is 11.3 Å². The van der Waals surface area contributed by atoms with Crippen LogP contribution in [-0.4, -0.2) is 30.5 Å². The van der Waals surface area contributed by atoms with Gasteiger partial charge in [0.05, 0.1) is 6.04 Å². The highest BCUT2D eigenvalue weighted by molar-refractivity contribution is 9.10. The van der Waals surface area contributed by atoms with Gasteiger partial charge in [0.15, 0.2) is 10.4 Å². The fourth-order valence-corrected chi connectivity index (χ4v) is 3.49. The van der Waals surface area contributed by atoms with Crippen LogP contribution in [0.3, 0.4) is 0 Å². The number of halogens is 1. The molecular weight excluding hydrogens is 392 g/mol. The lowest BCUT2D eigenvalue weighted by atomic mass is 10.2. The summed E-state index contributed by atoms with van der Waals surface area (Å²) in [6.45, 7) is 0.596. The molecule has 3 heterocycles. The van der Waals surface area contributed by atoms with Crippen molar-refractivity contribution in [3.8, 4) is 17.7 Å². The summed E-state index contributed by atoms with van der Waals surface area (Å²) in [5, 5.41) is 14.5. The highest BCUT2D eigenvalue weighted by Crippen LogP contribution is 2.29. The van der Waals surface area contributed by atoms with E-state index in [-0.39, 0.29) is 17.6 Å². The maximum atomic E-state index is 9.28. The summed E-state index contributed by atoms with van der Waals surface area (Å²) in [4.78, 5) is 7.54. The largest absolute Gasteiger partial charge is 0.444 e. The van der Waals surface area contributed by atoms with Crippen molar-refractivity contribution in [3.63, 3.8) is 0 Å². The molecule has 3 aromatic rings. The molecule has 8 heteroatoms. The zero-order valence-electron chi connectivity index (χ0n) is 13.1. The van der Waals surface area contributed by atoms with Gasteiger partial charge >= 0.3 is 0 Å². The highest BCUT2D eigenvalue weighted by atomic mass is 79.9. The SMILES string of the molecule is CN(C)C(CNc1oc(-c2ccc(Br)o2)nc1C#N)c1cccs1. The van der Waals surface area contributed by atoms with E-state index in [1.54, 1.807) is 23.5 Å². The van der Waals surface area contributed by atoms with Gasteiger partial charge in [-0.1, -0.05) is 6.07 Å². The van der Waals surface area contributed by atoms with E-state index in [0.717, 1.165) is 0 Å². The number of oxazole rings is 1. The molecular formula is C16H15BrN4O2S. The third-order valence-electron chi connectivity index (χ3n) is 3.47. The van der Waals surface area contributed by atoms with Gasteiger partial charge < -0.3 is 19.1 Å². The molecule has 0 saturated heterocycles. The summed E-state index contributed by atoms with van der Waals surface area (Å²) < 4.78 is 11.7. The van der Waals surface area contributed by atoms with Crippen molar-refractivity contribution < 1.29 is 8.83 Å². The molecule has 0 amide bonds. The minimum Gasteiger partial charge on any atom is -0.444 e. The van der Waals surface area contributed by atoms with E-state index >= 15 is 0 Å². The molecule has 0 aliphatic rings. The summed E-state index contributed by atoms with van der Waals surface area (Å²) in [6, 6.07) is 9.81. The number of furan rings is 1. The Hall–Kier alpha value is -2.08. The van der Waals surface area contributed by atoms with Gasteiger partial charge in [-0.2, -0.15) is 10.2 Å². The predicted octanol–water partition coefficient (Wildman–Crippen LogP) is 4.35. The van der Waals surface area contributed by atoms with Crippen LogP contribution in [0.25, 0.3) is 11.7 Å². The fraction of sp³-hybridized carbons (Fsp3) is 0.250. The number of anilines is 1. The van der Waals surface area contributed by atoms with Gasteiger partial charge in [-0.3, -0.25) is 0 Å². The molecule has 0 fully saturated rings. The van der Waals surface area contributed by atoms with Gasteiger partial charge in [0.25, 0.3) is 5.89 Å². The minimum absolute atomic E-state index is 0.169. The van der Waals surface area contributed by atoms with Crippen molar-refractivity contribution >= 4 is 33.2 Å². The van der Waals surface area contributed by atoms with Crippen molar-refractivity contribution in [1.29, 1.82) is 5.26 Å². The van der Waals surface area contributed by atoms with E-state index in [0.29, 0.717) is 22.9 Å². The van der Waals surface area contributed by atoms with E-state index < -0.39 is 0 Å². The summed E-state index contributed by atoms with van der Waals surface area (Å²) in [5.41, 5.74) is 0.209. The second-order valence-electron chi connectivity index (χ2n) is 5.29. The number of nitrogens with one attached hydrogen (secondary N) is 1. The van der Waals surface area contributed by atoms with Crippen LogP contribution in [0.2, 0.25) is 0 Å². The highest BCUT2D eigenvalue weighted by Gasteiger charge is 2.20. The predicted molar refractivity (Wildman–Crippen MR) is 95.9 cm³/mol. The molecule has 3 rings (SSSR count). The summed E-state index contributed by atoms with van der Waals surface area (Å²) >= 11 is 4.93. The van der Waals surface area contributed by atoms with Gasteiger partial charge in [-0.15, -0.1) is 11.3 Å². The van der Waals surface area contributed by atoms with Gasteiger partial charge in [-0.25, -0.2) is 0 Å². The monoisotopic (exact) mass is 406 g/mol. The second kappa shape index (κ2) is 7.21. The maximum absolute atomic E-state index is 9.28. The summed E-state index contributed by atoms with van der Waals surface area (Å²) in [5.74, 6) is 1.09. The lowest BCUT2D eigenvalue weighted by Crippen LogP contribution is -2.26. The van der Waals surface area contributed by atoms with Gasteiger partial charge in [0.2, 0.25) is 11.6 Å². The van der Waals surface area contributed by atoms with E-state index in [4.69, 9.17) is 8.83 Å². The average molecular weight is 407 g/mol. The van der Waals surface area contributed by atoms with E-state index in [1.165, 1.54) is 4.88 Å². The number of nitrogens with zero attached hydrogens (tertiary/aromatic N) is 3. The van der Waals surface area contributed by atoms with Crippen molar-refractivity contribution in [3.05, 3.63) is 44.9 Å². The van der Waals surface area contributed by atoms with Crippen LogP contribution >= 0.6 is 27.3 Å². The zero-order valence-corrected chi connectivity index (χ0v) is 15.5. The fourth-order valence-electron chi connectivity index (χ4n) is 2.26. The molecule has 0 spiro atoms. The number of rotatable bonds is 6. The number of thiophene rings is 1. The molecule has 0 bridgehead atoms. The first-order valence-corrected chi connectivity index (χ1v) is 8.86. The molecule has 3 aromatic heterocycles. The third kappa shape index (κ3) is 3.53. The standard InChI is InChI=1S/C16H15BrN4O2S/c1-21(2)11(13-4-3-7-24-13)9-19-15-10(8-18)20-16(23-15)12-5-6-14(17)22-12/h3-7,11,19H,9H2,1-2H3. The molecule has 1 atom stereocenters. The Morgan fingerprint density at radius 2 is 2.21 bits per heavy atom. The lowest BCUT2D eigenvalue weighted by Gasteiger charge is -2.23. The third-order valence-corrected chi connectivity index (χ3v) is 4.87. The topological polar surface area (TPSA) is 78.2 Å². The molecule has 24 heavy (non-hydrogen) atoms. The first-order chi connectivity index (χ1) is 11.6. The number of likely N-dealkylation sites (N-methyl/N-ethyl adjacent to an activating group) is 1. The summed E-state index contributed by atoms with van der Waals surface area (Å²) in [6.07, 6.45) is 0. The van der Waals surface area contributed by atoms with Crippen molar-refractivity contribution in [2.75, 3.05) is 26.0 Å². The van der Waals surface area contributed by atoms with E-state index in [2.05, 4.69) is 37.2 Å². The second-order valence-corrected chi connectivity index (χ2v) is 7.05. The van der Waals surface area contributed by atoms with Crippen LogP contribution in [0.5, 0.6) is 0 Å². The van der Waals surface area contributed by atoms with Crippen LogP contribution < -0.4 is 5.32 Å². The zero-order chi connectivity index (χ0) is 17.1.